The Morgan fingerprint density at radius 1 is 0.939 bits per heavy atom. The van der Waals surface area contributed by atoms with E-state index >= 15 is 0 Å². The quantitative estimate of drug-likeness (QED) is 0.326. The fourth-order valence-electron chi connectivity index (χ4n) is 3.66. The molecule has 1 aliphatic rings. The van der Waals surface area contributed by atoms with E-state index in [1.54, 1.807) is 36.4 Å². The maximum atomic E-state index is 13.5. The van der Waals surface area contributed by atoms with Crippen molar-refractivity contribution in [3.63, 3.8) is 0 Å². The first-order chi connectivity index (χ1) is 15.9. The van der Waals surface area contributed by atoms with Crippen molar-refractivity contribution in [1.82, 2.24) is 0 Å². The molecule has 0 fully saturated rings. The standard InChI is InChI=1S/C25H21N3O5/c1-3-16-8-12-18(13-9-16)27-24(29)22(17-10-14-19(15-11-17)28(31)32)23(25(27)30)26-20-6-4-5-7-21(20)33-2/h4-15,26H,3H2,1-2H3. The lowest BCUT2D eigenvalue weighted by Gasteiger charge is -2.16. The number of ether oxygens (including phenoxy) is 1. The largest absolute Gasteiger partial charge is 0.495 e. The van der Waals surface area contributed by atoms with E-state index in [0.29, 0.717) is 22.7 Å². The SMILES string of the molecule is CCc1ccc(N2C(=O)C(Nc3ccccc3OC)=C(c3ccc([N+](=O)[O-])cc3)C2=O)cc1. The number of non-ortho nitro benzene ring substituents is 1. The molecule has 1 heterocycles. The van der Waals surface area contributed by atoms with Crippen LogP contribution in [0.2, 0.25) is 0 Å². The van der Waals surface area contributed by atoms with E-state index < -0.39 is 16.7 Å². The van der Waals surface area contributed by atoms with Gasteiger partial charge in [-0.05, 0) is 53.9 Å². The molecular weight excluding hydrogens is 422 g/mol. The van der Waals surface area contributed by atoms with Crippen molar-refractivity contribution in [3.05, 3.63) is 99.7 Å². The highest BCUT2D eigenvalue weighted by Gasteiger charge is 2.40. The van der Waals surface area contributed by atoms with Gasteiger partial charge < -0.3 is 10.1 Å². The summed E-state index contributed by atoms with van der Waals surface area (Å²) in [4.78, 5) is 38.6. The summed E-state index contributed by atoms with van der Waals surface area (Å²) in [5.41, 5.74) is 2.51. The normalized spacial score (nSPS) is 13.5. The Morgan fingerprint density at radius 2 is 1.61 bits per heavy atom. The molecule has 0 spiro atoms. The first kappa shape index (κ1) is 21.8. The second kappa shape index (κ2) is 8.96. The first-order valence-corrected chi connectivity index (χ1v) is 10.3. The zero-order valence-corrected chi connectivity index (χ0v) is 18.1. The van der Waals surface area contributed by atoms with Crippen molar-refractivity contribution in [2.45, 2.75) is 13.3 Å². The Hall–Kier alpha value is -4.46. The van der Waals surface area contributed by atoms with Crippen LogP contribution in [0.3, 0.4) is 0 Å². The first-order valence-electron chi connectivity index (χ1n) is 10.3. The van der Waals surface area contributed by atoms with Crippen LogP contribution < -0.4 is 15.0 Å². The highest BCUT2D eigenvalue weighted by molar-refractivity contribution is 6.46. The van der Waals surface area contributed by atoms with Crippen LogP contribution in [0.5, 0.6) is 5.75 Å². The van der Waals surface area contributed by atoms with Gasteiger partial charge in [-0.1, -0.05) is 31.2 Å². The number of para-hydroxylation sites is 2. The molecule has 3 aromatic rings. The summed E-state index contributed by atoms with van der Waals surface area (Å²) in [6, 6.07) is 19.8. The minimum Gasteiger partial charge on any atom is -0.495 e. The van der Waals surface area contributed by atoms with Crippen molar-refractivity contribution in [2.24, 2.45) is 0 Å². The number of nitrogens with one attached hydrogen (secondary N) is 1. The van der Waals surface area contributed by atoms with Crippen LogP contribution in [0.1, 0.15) is 18.1 Å². The third-order valence-corrected chi connectivity index (χ3v) is 5.42. The summed E-state index contributed by atoms with van der Waals surface area (Å²) in [5.74, 6) is -0.543. The fraction of sp³-hybridized carbons (Fsp3) is 0.120. The van der Waals surface area contributed by atoms with Gasteiger partial charge in [0.25, 0.3) is 17.5 Å². The van der Waals surface area contributed by atoms with Gasteiger partial charge in [0.1, 0.15) is 11.4 Å². The summed E-state index contributed by atoms with van der Waals surface area (Å²) in [6.07, 6.45) is 0.828. The number of nitrogens with zero attached hydrogens (tertiary/aromatic N) is 2. The van der Waals surface area contributed by atoms with Crippen molar-refractivity contribution < 1.29 is 19.2 Å². The maximum absolute atomic E-state index is 13.5. The lowest BCUT2D eigenvalue weighted by atomic mass is 10.0. The van der Waals surface area contributed by atoms with Gasteiger partial charge in [0.15, 0.2) is 0 Å². The predicted molar refractivity (Wildman–Crippen MR) is 125 cm³/mol. The number of nitro benzene ring substituents is 1. The monoisotopic (exact) mass is 443 g/mol. The highest BCUT2D eigenvalue weighted by Crippen LogP contribution is 2.36. The Morgan fingerprint density at radius 3 is 2.21 bits per heavy atom. The summed E-state index contributed by atoms with van der Waals surface area (Å²) in [6.45, 7) is 2.02. The Kier molecular flexibility index (Phi) is 5.91. The Balaban J connectivity index is 1.82. The molecular formula is C25H21N3O5. The number of rotatable bonds is 7. The molecule has 0 aromatic heterocycles. The lowest BCUT2D eigenvalue weighted by molar-refractivity contribution is -0.384. The molecule has 33 heavy (non-hydrogen) atoms. The van der Waals surface area contributed by atoms with Gasteiger partial charge in [-0.2, -0.15) is 0 Å². The zero-order valence-electron chi connectivity index (χ0n) is 18.1. The molecule has 0 unspecified atom stereocenters. The van der Waals surface area contributed by atoms with E-state index in [-0.39, 0.29) is 17.0 Å². The third-order valence-electron chi connectivity index (χ3n) is 5.42. The molecule has 0 saturated carbocycles. The number of carbonyl (C=O) groups excluding carboxylic acids is 2. The molecule has 3 aromatic carbocycles. The van der Waals surface area contributed by atoms with E-state index in [0.717, 1.165) is 16.9 Å². The molecule has 0 atom stereocenters. The number of methoxy groups -OCH3 is 1. The van der Waals surface area contributed by atoms with E-state index in [9.17, 15) is 19.7 Å². The molecule has 0 bridgehead atoms. The molecule has 4 rings (SSSR count). The molecule has 0 radical (unpaired) electrons. The van der Waals surface area contributed by atoms with Gasteiger partial charge in [0.2, 0.25) is 0 Å². The van der Waals surface area contributed by atoms with Crippen LogP contribution in [0.15, 0.2) is 78.5 Å². The van der Waals surface area contributed by atoms with Gasteiger partial charge in [-0.15, -0.1) is 0 Å². The van der Waals surface area contributed by atoms with Gasteiger partial charge in [-0.3, -0.25) is 19.7 Å². The molecule has 1 aliphatic heterocycles. The molecule has 166 valence electrons. The van der Waals surface area contributed by atoms with Crippen molar-refractivity contribution >= 4 is 34.4 Å². The zero-order chi connectivity index (χ0) is 23.5. The molecule has 1 N–H and O–H groups in total. The van der Waals surface area contributed by atoms with Crippen LogP contribution >= 0.6 is 0 Å². The van der Waals surface area contributed by atoms with Crippen LogP contribution in [-0.2, 0) is 16.0 Å². The summed E-state index contributed by atoms with van der Waals surface area (Å²) in [7, 11) is 1.51. The molecule has 8 nitrogen and oxygen atoms in total. The number of benzene rings is 3. The van der Waals surface area contributed by atoms with Crippen molar-refractivity contribution in [1.29, 1.82) is 0 Å². The lowest BCUT2D eigenvalue weighted by Crippen LogP contribution is -2.32. The molecule has 2 amide bonds. The number of imide groups is 1. The maximum Gasteiger partial charge on any atom is 0.282 e. The number of aryl methyl sites for hydroxylation is 1. The number of hydrogen-bond acceptors (Lipinski definition) is 6. The summed E-state index contributed by atoms with van der Waals surface area (Å²) < 4.78 is 5.37. The van der Waals surface area contributed by atoms with Crippen molar-refractivity contribution in [2.75, 3.05) is 17.3 Å². The molecule has 0 saturated heterocycles. The number of amides is 2. The van der Waals surface area contributed by atoms with E-state index in [2.05, 4.69) is 5.32 Å². The van der Waals surface area contributed by atoms with Gasteiger partial charge >= 0.3 is 0 Å². The number of carbonyl (C=O) groups is 2. The van der Waals surface area contributed by atoms with E-state index in [4.69, 9.17) is 4.74 Å². The average molecular weight is 443 g/mol. The second-order valence-electron chi connectivity index (χ2n) is 7.34. The number of anilines is 2. The van der Waals surface area contributed by atoms with Gasteiger partial charge in [-0.25, -0.2) is 4.90 Å². The fourth-order valence-corrected chi connectivity index (χ4v) is 3.66. The van der Waals surface area contributed by atoms with E-state index in [1.165, 1.54) is 31.4 Å². The molecule has 8 heteroatoms. The van der Waals surface area contributed by atoms with Crippen LogP contribution in [-0.4, -0.2) is 23.8 Å². The van der Waals surface area contributed by atoms with Gasteiger partial charge in [0.05, 0.1) is 29.0 Å². The second-order valence-corrected chi connectivity index (χ2v) is 7.34. The number of hydrogen-bond donors (Lipinski definition) is 1. The summed E-state index contributed by atoms with van der Waals surface area (Å²) >= 11 is 0. The van der Waals surface area contributed by atoms with Gasteiger partial charge in [0, 0.05) is 12.1 Å². The average Bonchev–Trinajstić information content (AvgIpc) is 3.08. The highest BCUT2D eigenvalue weighted by atomic mass is 16.6. The third kappa shape index (κ3) is 4.06. The van der Waals surface area contributed by atoms with Crippen LogP contribution in [0.25, 0.3) is 5.57 Å². The minimum atomic E-state index is -0.525. The topological polar surface area (TPSA) is 102 Å². The number of nitro groups is 1. The smallest absolute Gasteiger partial charge is 0.282 e. The Bertz CT molecular complexity index is 1260. The van der Waals surface area contributed by atoms with Crippen LogP contribution in [0.4, 0.5) is 17.1 Å². The summed E-state index contributed by atoms with van der Waals surface area (Å²) in [5, 5.41) is 14.1. The van der Waals surface area contributed by atoms with Crippen molar-refractivity contribution in [3.8, 4) is 5.75 Å². The molecule has 0 aliphatic carbocycles. The van der Waals surface area contributed by atoms with Crippen LogP contribution in [0, 0.1) is 10.1 Å². The predicted octanol–water partition coefficient (Wildman–Crippen LogP) is 4.56. The Labute approximate surface area is 190 Å². The minimum absolute atomic E-state index is 0.0675. The van der Waals surface area contributed by atoms with E-state index in [1.807, 2.05) is 19.1 Å².